The molecule has 2 aliphatic carbocycles. The van der Waals surface area contributed by atoms with Gasteiger partial charge in [0.05, 0.1) is 0 Å². The topological polar surface area (TPSA) is 0 Å². The van der Waals surface area contributed by atoms with Crippen LogP contribution in [0.3, 0.4) is 0 Å². The van der Waals surface area contributed by atoms with Gasteiger partial charge >= 0.3 is 0 Å². The van der Waals surface area contributed by atoms with Gasteiger partial charge < -0.3 is 0 Å². The van der Waals surface area contributed by atoms with E-state index in [1.54, 1.807) is 0 Å². The number of hydrogen-bond donors (Lipinski definition) is 0. The summed E-state index contributed by atoms with van der Waals surface area (Å²) in [5.74, 6) is 5.39. The summed E-state index contributed by atoms with van der Waals surface area (Å²) in [6.07, 6.45) is 14.2. The first-order valence-electron chi connectivity index (χ1n) is 6.14. The lowest BCUT2D eigenvalue weighted by Crippen LogP contribution is -2.32. The summed E-state index contributed by atoms with van der Waals surface area (Å²) in [5, 5.41) is 0. The van der Waals surface area contributed by atoms with Crippen molar-refractivity contribution in [2.24, 2.45) is 23.2 Å². The van der Waals surface area contributed by atoms with Crippen LogP contribution >= 0.6 is 0 Å². The van der Waals surface area contributed by atoms with Crippen molar-refractivity contribution in [1.29, 1.82) is 0 Å². The second kappa shape index (κ2) is 3.61. The molecule has 2 aliphatic rings. The lowest BCUT2D eigenvalue weighted by molar-refractivity contribution is 0.112. The Morgan fingerprint density at radius 2 is 2.00 bits per heavy atom. The maximum Gasteiger partial charge on any atom is 0.0228 e. The lowest BCUT2D eigenvalue weighted by atomic mass is 9.65. The van der Waals surface area contributed by atoms with E-state index in [0.717, 1.165) is 11.8 Å². The molecule has 0 radical (unpaired) electrons. The normalized spacial score (nSPS) is 44.1. The lowest BCUT2D eigenvalue weighted by Gasteiger charge is -2.39. The first-order valence-corrected chi connectivity index (χ1v) is 6.14. The summed E-state index contributed by atoms with van der Waals surface area (Å²) in [5.41, 5.74) is 0.458. The maximum atomic E-state index is 5.61. The summed E-state index contributed by atoms with van der Waals surface area (Å²) in [7, 11) is 0. The minimum Gasteiger partial charge on any atom is -0.120 e. The predicted octanol–water partition coefficient (Wildman–Crippen LogP) is 3.86. The van der Waals surface area contributed by atoms with Crippen LogP contribution in [0.2, 0.25) is 0 Å². The highest BCUT2D eigenvalue weighted by Gasteiger charge is 2.47. The van der Waals surface area contributed by atoms with E-state index in [1.165, 1.54) is 38.5 Å². The molecule has 0 N–H and O–H groups in total. The molecule has 4 atom stereocenters. The van der Waals surface area contributed by atoms with Gasteiger partial charge in [0.1, 0.15) is 0 Å². The Morgan fingerprint density at radius 3 is 2.71 bits per heavy atom. The van der Waals surface area contributed by atoms with Crippen molar-refractivity contribution in [2.75, 3.05) is 0 Å². The van der Waals surface area contributed by atoms with E-state index in [0.29, 0.717) is 11.3 Å². The quantitative estimate of drug-likeness (QED) is 0.551. The summed E-state index contributed by atoms with van der Waals surface area (Å²) in [6.45, 7) is 4.69. The fraction of sp³-hybridized carbons (Fsp3) is 0.857. The van der Waals surface area contributed by atoms with Gasteiger partial charge in [0.25, 0.3) is 0 Å². The monoisotopic (exact) mass is 190 g/mol. The van der Waals surface area contributed by atoms with Crippen molar-refractivity contribution in [1.82, 2.24) is 0 Å². The maximum absolute atomic E-state index is 5.61. The molecule has 0 amide bonds. The molecule has 0 aliphatic heterocycles. The Morgan fingerprint density at radius 1 is 1.29 bits per heavy atom. The van der Waals surface area contributed by atoms with Crippen molar-refractivity contribution < 1.29 is 0 Å². The Bertz CT molecular complexity index is 247. The standard InChI is InChI=1S/C14H22/c1-4-11(2)14(3)10-9-12-7-5-6-8-13(12)14/h1,11-13H,5-10H2,2-3H3/t11-,12?,13?,14+/m0/s1. The van der Waals surface area contributed by atoms with Crippen molar-refractivity contribution in [3.63, 3.8) is 0 Å². The summed E-state index contributed by atoms with van der Waals surface area (Å²) in [6, 6.07) is 0. The molecule has 2 fully saturated rings. The smallest absolute Gasteiger partial charge is 0.0228 e. The Hall–Kier alpha value is -0.440. The van der Waals surface area contributed by atoms with Gasteiger partial charge in [0.2, 0.25) is 0 Å². The molecular formula is C14H22. The third kappa shape index (κ3) is 1.38. The molecule has 0 aromatic heterocycles. The van der Waals surface area contributed by atoms with Gasteiger partial charge in [0.15, 0.2) is 0 Å². The molecule has 0 heterocycles. The second-order valence-electron chi connectivity index (χ2n) is 5.58. The predicted molar refractivity (Wildman–Crippen MR) is 60.8 cm³/mol. The molecule has 0 aromatic rings. The fourth-order valence-corrected chi connectivity index (χ4v) is 3.83. The van der Waals surface area contributed by atoms with Crippen LogP contribution in [-0.4, -0.2) is 0 Å². The van der Waals surface area contributed by atoms with Gasteiger partial charge in [-0.15, -0.1) is 12.3 Å². The second-order valence-corrected chi connectivity index (χ2v) is 5.58. The molecule has 0 aromatic carbocycles. The van der Waals surface area contributed by atoms with Crippen molar-refractivity contribution in [3.05, 3.63) is 0 Å². The minimum absolute atomic E-state index is 0.458. The molecule has 14 heavy (non-hydrogen) atoms. The van der Waals surface area contributed by atoms with Crippen LogP contribution in [0.4, 0.5) is 0 Å². The Labute approximate surface area is 88.5 Å². The van der Waals surface area contributed by atoms with Crippen molar-refractivity contribution >= 4 is 0 Å². The van der Waals surface area contributed by atoms with Gasteiger partial charge in [-0.3, -0.25) is 0 Å². The zero-order valence-electron chi connectivity index (χ0n) is 9.55. The average Bonchev–Trinajstić information content (AvgIpc) is 2.58. The molecule has 0 bridgehead atoms. The van der Waals surface area contributed by atoms with E-state index in [9.17, 15) is 0 Å². The van der Waals surface area contributed by atoms with Crippen molar-refractivity contribution in [2.45, 2.75) is 52.4 Å². The van der Waals surface area contributed by atoms with E-state index in [1.807, 2.05) is 0 Å². The summed E-state index contributed by atoms with van der Waals surface area (Å²) >= 11 is 0. The molecule has 78 valence electrons. The van der Waals surface area contributed by atoms with E-state index in [-0.39, 0.29) is 0 Å². The largest absolute Gasteiger partial charge is 0.120 e. The molecule has 2 saturated carbocycles. The Kier molecular flexibility index (Phi) is 2.60. The van der Waals surface area contributed by atoms with E-state index in [2.05, 4.69) is 19.8 Å². The highest BCUT2D eigenvalue weighted by Crippen LogP contribution is 2.56. The zero-order chi connectivity index (χ0) is 10.2. The first kappa shape index (κ1) is 10.1. The highest BCUT2D eigenvalue weighted by molar-refractivity contribution is 5.06. The van der Waals surface area contributed by atoms with E-state index >= 15 is 0 Å². The average molecular weight is 190 g/mol. The summed E-state index contributed by atoms with van der Waals surface area (Å²) < 4.78 is 0. The molecule has 0 nitrogen and oxygen atoms in total. The molecule has 0 heteroatoms. The zero-order valence-corrected chi connectivity index (χ0v) is 9.55. The Balaban J connectivity index is 2.17. The number of hydrogen-bond acceptors (Lipinski definition) is 0. The third-order valence-electron chi connectivity index (χ3n) is 5.05. The number of fused-ring (bicyclic) bond motifs is 1. The van der Waals surface area contributed by atoms with Crippen LogP contribution in [0.1, 0.15) is 52.4 Å². The van der Waals surface area contributed by atoms with Gasteiger partial charge in [-0.1, -0.05) is 33.1 Å². The van der Waals surface area contributed by atoms with Gasteiger partial charge in [-0.2, -0.15) is 0 Å². The fourth-order valence-electron chi connectivity index (χ4n) is 3.83. The van der Waals surface area contributed by atoms with Crippen LogP contribution in [0.5, 0.6) is 0 Å². The first-order chi connectivity index (χ1) is 6.68. The summed E-state index contributed by atoms with van der Waals surface area (Å²) in [4.78, 5) is 0. The van der Waals surface area contributed by atoms with E-state index < -0.39 is 0 Å². The highest BCUT2D eigenvalue weighted by atomic mass is 14.5. The third-order valence-corrected chi connectivity index (χ3v) is 5.05. The molecule has 2 rings (SSSR count). The molecule has 2 unspecified atom stereocenters. The molecule has 0 saturated heterocycles. The molecule has 0 spiro atoms. The minimum atomic E-state index is 0.458. The van der Waals surface area contributed by atoms with Gasteiger partial charge in [-0.05, 0) is 36.5 Å². The van der Waals surface area contributed by atoms with Gasteiger partial charge in [0, 0.05) is 5.92 Å². The SMILES string of the molecule is C#C[C@H](C)[C@@]1(C)CCC2CCCCC21. The van der Waals surface area contributed by atoms with Crippen LogP contribution < -0.4 is 0 Å². The molecular weight excluding hydrogens is 168 g/mol. The van der Waals surface area contributed by atoms with Crippen molar-refractivity contribution in [3.8, 4) is 12.3 Å². The van der Waals surface area contributed by atoms with E-state index in [4.69, 9.17) is 6.42 Å². The van der Waals surface area contributed by atoms with Crippen LogP contribution in [-0.2, 0) is 0 Å². The number of terminal acetylenes is 1. The number of rotatable bonds is 1. The van der Waals surface area contributed by atoms with Crippen LogP contribution in [0.25, 0.3) is 0 Å². The van der Waals surface area contributed by atoms with Gasteiger partial charge in [-0.25, -0.2) is 0 Å². The van der Waals surface area contributed by atoms with Crippen LogP contribution in [0, 0.1) is 35.5 Å². The van der Waals surface area contributed by atoms with Crippen LogP contribution in [0.15, 0.2) is 0 Å².